The molecule has 0 saturated heterocycles. The van der Waals surface area contributed by atoms with Crippen molar-refractivity contribution in [3.63, 3.8) is 0 Å². The van der Waals surface area contributed by atoms with Gasteiger partial charge in [-0.1, -0.05) is 10.3 Å². The third kappa shape index (κ3) is 1.74. The van der Waals surface area contributed by atoms with Crippen LogP contribution >= 0.6 is 0 Å². The van der Waals surface area contributed by atoms with E-state index in [2.05, 4.69) is 10.3 Å². The van der Waals surface area contributed by atoms with Crippen molar-refractivity contribution in [1.82, 2.24) is 10.3 Å². The Labute approximate surface area is 84.5 Å². The molecule has 0 saturated carbocycles. The first-order valence-corrected chi connectivity index (χ1v) is 4.25. The van der Waals surface area contributed by atoms with Crippen LogP contribution in [0.1, 0.15) is 11.1 Å². The zero-order valence-electron chi connectivity index (χ0n) is 7.93. The summed E-state index contributed by atoms with van der Waals surface area (Å²) in [6.07, 6.45) is 2.74. The third-order valence-electron chi connectivity index (χ3n) is 1.94. The molecule has 0 spiro atoms. The smallest absolute Gasteiger partial charge is 0.308 e. The van der Waals surface area contributed by atoms with E-state index in [0.29, 0.717) is 17.1 Å². The summed E-state index contributed by atoms with van der Waals surface area (Å²) in [7, 11) is 0. The number of hydrogen-bond acceptors (Lipinski definition) is 5. The monoisotopic (exact) mass is 208 g/mol. The predicted molar refractivity (Wildman–Crippen MR) is 48.1 cm³/mol. The summed E-state index contributed by atoms with van der Waals surface area (Å²) >= 11 is 0. The summed E-state index contributed by atoms with van der Waals surface area (Å²) in [4.78, 5) is 10.6. The molecule has 2 aromatic heterocycles. The molecule has 6 heteroatoms. The fraction of sp³-hybridized carbons (Fsp3) is 0.222. The summed E-state index contributed by atoms with van der Waals surface area (Å²) in [5.41, 5.74) is 1.25. The number of carboxylic acids is 1. The van der Waals surface area contributed by atoms with Gasteiger partial charge in [0, 0.05) is 11.1 Å². The van der Waals surface area contributed by atoms with Gasteiger partial charge < -0.3 is 14.2 Å². The second kappa shape index (κ2) is 3.56. The first-order valence-electron chi connectivity index (χ1n) is 4.25. The van der Waals surface area contributed by atoms with Gasteiger partial charge >= 0.3 is 5.97 Å². The topological polar surface area (TPSA) is 89.4 Å². The third-order valence-corrected chi connectivity index (χ3v) is 1.94. The largest absolute Gasteiger partial charge is 0.481 e. The highest BCUT2D eigenvalue weighted by Crippen LogP contribution is 2.26. The van der Waals surface area contributed by atoms with Crippen LogP contribution in [-0.4, -0.2) is 21.4 Å². The molecule has 0 atom stereocenters. The van der Waals surface area contributed by atoms with Gasteiger partial charge in [0.25, 0.3) is 0 Å². The lowest BCUT2D eigenvalue weighted by Crippen LogP contribution is -1.99. The van der Waals surface area contributed by atoms with Gasteiger partial charge in [-0.25, -0.2) is 0 Å². The molecule has 0 radical (unpaired) electrons. The Hall–Kier alpha value is -2.11. The standard InChI is InChI=1S/C9H8N2O4/c1-5-3-10-14-8(5)9-6(2-7(12)13)4-11-15-9/h3-4H,2H2,1H3,(H,12,13). The lowest BCUT2D eigenvalue weighted by Gasteiger charge is -1.94. The van der Waals surface area contributed by atoms with Crippen LogP contribution in [0.3, 0.4) is 0 Å². The molecule has 2 rings (SSSR count). The van der Waals surface area contributed by atoms with Gasteiger partial charge in [0.1, 0.15) is 0 Å². The predicted octanol–water partition coefficient (Wildman–Crippen LogP) is 1.27. The van der Waals surface area contributed by atoms with E-state index < -0.39 is 5.97 Å². The zero-order valence-corrected chi connectivity index (χ0v) is 7.93. The number of aromatic nitrogens is 2. The van der Waals surface area contributed by atoms with E-state index in [0.717, 1.165) is 5.56 Å². The number of nitrogens with zero attached hydrogens (tertiary/aromatic N) is 2. The number of hydrogen-bond donors (Lipinski definition) is 1. The summed E-state index contributed by atoms with van der Waals surface area (Å²) in [5.74, 6) is -0.201. The van der Waals surface area contributed by atoms with Crippen LogP contribution in [0.4, 0.5) is 0 Å². The molecule has 0 aliphatic carbocycles. The average molecular weight is 208 g/mol. The van der Waals surface area contributed by atoms with Crippen LogP contribution < -0.4 is 0 Å². The van der Waals surface area contributed by atoms with E-state index in [1.165, 1.54) is 12.4 Å². The maximum atomic E-state index is 10.6. The van der Waals surface area contributed by atoms with Crippen molar-refractivity contribution < 1.29 is 18.9 Å². The molecular formula is C9H8N2O4. The molecule has 0 aliphatic heterocycles. The van der Waals surface area contributed by atoms with E-state index in [1.54, 1.807) is 6.92 Å². The molecule has 15 heavy (non-hydrogen) atoms. The van der Waals surface area contributed by atoms with Gasteiger partial charge in [-0.3, -0.25) is 4.79 Å². The first-order chi connectivity index (χ1) is 7.18. The molecule has 0 unspecified atom stereocenters. The Morgan fingerprint density at radius 2 is 2.00 bits per heavy atom. The molecule has 0 fully saturated rings. The van der Waals surface area contributed by atoms with E-state index in [-0.39, 0.29) is 6.42 Å². The van der Waals surface area contributed by atoms with Crippen LogP contribution in [0.2, 0.25) is 0 Å². The fourth-order valence-corrected chi connectivity index (χ4v) is 1.25. The van der Waals surface area contributed by atoms with Crippen molar-refractivity contribution in [3.8, 4) is 11.5 Å². The van der Waals surface area contributed by atoms with Crippen molar-refractivity contribution in [3.05, 3.63) is 23.5 Å². The first kappa shape index (κ1) is 9.45. The number of rotatable bonds is 3. The average Bonchev–Trinajstić information content (AvgIpc) is 2.73. The van der Waals surface area contributed by atoms with Crippen LogP contribution in [0, 0.1) is 6.92 Å². The van der Waals surface area contributed by atoms with Crippen molar-refractivity contribution in [2.75, 3.05) is 0 Å². The Kier molecular flexibility index (Phi) is 2.24. The highest BCUT2D eigenvalue weighted by molar-refractivity contribution is 5.73. The summed E-state index contributed by atoms with van der Waals surface area (Å²) in [6, 6.07) is 0. The SMILES string of the molecule is Cc1cnoc1-c1oncc1CC(=O)O. The Bertz CT molecular complexity index is 486. The molecule has 0 aliphatic rings. The van der Waals surface area contributed by atoms with Crippen molar-refractivity contribution in [2.45, 2.75) is 13.3 Å². The Morgan fingerprint density at radius 1 is 1.33 bits per heavy atom. The van der Waals surface area contributed by atoms with Crippen LogP contribution in [0.15, 0.2) is 21.4 Å². The molecule has 2 aromatic rings. The summed E-state index contributed by atoms with van der Waals surface area (Å²) < 4.78 is 9.90. The van der Waals surface area contributed by atoms with Gasteiger partial charge in [0.05, 0.1) is 18.8 Å². The fourth-order valence-electron chi connectivity index (χ4n) is 1.25. The minimum absolute atomic E-state index is 0.154. The van der Waals surface area contributed by atoms with E-state index in [4.69, 9.17) is 14.2 Å². The molecule has 0 aromatic carbocycles. The number of carbonyl (C=O) groups is 1. The normalized spacial score (nSPS) is 10.5. The van der Waals surface area contributed by atoms with E-state index in [1.807, 2.05) is 0 Å². The quantitative estimate of drug-likeness (QED) is 0.816. The molecule has 0 bridgehead atoms. The van der Waals surface area contributed by atoms with E-state index >= 15 is 0 Å². The van der Waals surface area contributed by atoms with Gasteiger partial charge in [0.2, 0.25) is 11.5 Å². The maximum Gasteiger partial charge on any atom is 0.308 e. The maximum absolute atomic E-state index is 10.6. The number of aliphatic carboxylic acids is 1. The second-order valence-electron chi connectivity index (χ2n) is 3.09. The minimum atomic E-state index is -0.948. The lowest BCUT2D eigenvalue weighted by atomic mass is 10.1. The molecular weight excluding hydrogens is 200 g/mol. The Balaban J connectivity index is 2.41. The van der Waals surface area contributed by atoms with Crippen LogP contribution in [0.25, 0.3) is 11.5 Å². The number of carboxylic acid groups (broad SMARTS) is 1. The molecule has 0 amide bonds. The minimum Gasteiger partial charge on any atom is -0.481 e. The van der Waals surface area contributed by atoms with Crippen molar-refractivity contribution in [2.24, 2.45) is 0 Å². The van der Waals surface area contributed by atoms with Gasteiger partial charge in [-0.2, -0.15) is 0 Å². The lowest BCUT2D eigenvalue weighted by molar-refractivity contribution is -0.136. The Morgan fingerprint density at radius 3 is 2.60 bits per heavy atom. The van der Waals surface area contributed by atoms with Crippen LogP contribution in [-0.2, 0) is 11.2 Å². The van der Waals surface area contributed by atoms with Gasteiger partial charge in [-0.05, 0) is 6.92 Å². The van der Waals surface area contributed by atoms with Gasteiger partial charge in [0.15, 0.2) is 0 Å². The number of aryl methyl sites for hydroxylation is 1. The zero-order chi connectivity index (χ0) is 10.8. The highest BCUT2D eigenvalue weighted by Gasteiger charge is 2.18. The summed E-state index contributed by atoms with van der Waals surface area (Å²) in [5, 5.41) is 15.8. The van der Waals surface area contributed by atoms with Crippen molar-refractivity contribution >= 4 is 5.97 Å². The molecule has 1 N–H and O–H groups in total. The molecule has 6 nitrogen and oxygen atoms in total. The second-order valence-corrected chi connectivity index (χ2v) is 3.09. The highest BCUT2D eigenvalue weighted by atomic mass is 16.5. The molecule has 78 valence electrons. The molecule has 2 heterocycles. The van der Waals surface area contributed by atoms with E-state index in [9.17, 15) is 4.79 Å². The van der Waals surface area contributed by atoms with Gasteiger partial charge in [-0.15, -0.1) is 0 Å². The van der Waals surface area contributed by atoms with Crippen LogP contribution in [0.5, 0.6) is 0 Å². The van der Waals surface area contributed by atoms with Crippen molar-refractivity contribution in [1.29, 1.82) is 0 Å². The summed E-state index contributed by atoms with van der Waals surface area (Å²) in [6.45, 7) is 1.79.